The van der Waals surface area contributed by atoms with Crippen molar-refractivity contribution >= 4 is 23.6 Å². The van der Waals surface area contributed by atoms with Crippen LogP contribution in [0, 0.1) is 13.8 Å². The van der Waals surface area contributed by atoms with E-state index in [4.69, 9.17) is 10.5 Å². The van der Waals surface area contributed by atoms with Crippen LogP contribution in [0.3, 0.4) is 0 Å². The van der Waals surface area contributed by atoms with Gasteiger partial charge in [-0.05, 0) is 49.9 Å². The average molecular weight is 295 g/mol. The summed E-state index contributed by atoms with van der Waals surface area (Å²) in [7, 11) is 0. The van der Waals surface area contributed by atoms with Crippen LogP contribution >= 0.6 is 11.8 Å². The van der Waals surface area contributed by atoms with E-state index < -0.39 is 5.91 Å². The third-order valence-electron chi connectivity index (χ3n) is 3.15. The van der Waals surface area contributed by atoms with Crippen molar-refractivity contribution in [3.05, 3.63) is 28.3 Å². The summed E-state index contributed by atoms with van der Waals surface area (Å²) in [4.78, 5) is 23.9. The molecule has 5 heteroatoms. The zero-order chi connectivity index (χ0) is 15.3. The number of esters is 1. The highest BCUT2D eigenvalue weighted by Gasteiger charge is 2.17. The fourth-order valence-electron chi connectivity index (χ4n) is 2.29. The van der Waals surface area contributed by atoms with E-state index in [2.05, 4.69) is 0 Å². The molecule has 1 amide bonds. The Kier molecular flexibility index (Phi) is 6.07. The van der Waals surface area contributed by atoms with Crippen molar-refractivity contribution in [3.8, 4) is 0 Å². The molecule has 0 unspecified atom stereocenters. The lowest BCUT2D eigenvalue weighted by Gasteiger charge is -2.15. The summed E-state index contributed by atoms with van der Waals surface area (Å²) in [6.07, 6.45) is 0.848. The Bertz CT molecular complexity index is 526. The van der Waals surface area contributed by atoms with Crippen molar-refractivity contribution in [2.45, 2.75) is 39.0 Å². The second-order valence-electron chi connectivity index (χ2n) is 4.48. The van der Waals surface area contributed by atoms with E-state index in [0.29, 0.717) is 12.2 Å². The molecule has 4 nitrogen and oxygen atoms in total. The van der Waals surface area contributed by atoms with Gasteiger partial charge in [0.05, 0.1) is 17.9 Å². The summed E-state index contributed by atoms with van der Waals surface area (Å²) in [6, 6.07) is 1.93. The normalized spacial score (nSPS) is 10.4. The molecule has 0 radical (unpaired) electrons. The van der Waals surface area contributed by atoms with Crippen LogP contribution in [0.25, 0.3) is 0 Å². The molecular weight excluding hydrogens is 274 g/mol. The minimum absolute atomic E-state index is 0.179. The molecular formula is C15H21NO3S. The Balaban J connectivity index is 3.12. The number of rotatable bonds is 6. The summed E-state index contributed by atoms with van der Waals surface area (Å²) in [5.41, 5.74) is 9.16. The van der Waals surface area contributed by atoms with Crippen molar-refractivity contribution in [3.63, 3.8) is 0 Å². The van der Waals surface area contributed by atoms with Gasteiger partial charge in [-0.25, -0.2) is 0 Å². The van der Waals surface area contributed by atoms with Crippen molar-refractivity contribution in [2.75, 3.05) is 12.4 Å². The van der Waals surface area contributed by atoms with Crippen LogP contribution < -0.4 is 5.73 Å². The first-order chi connectivity index (χ1) is 9.42. The maximum Gasteiger partial charge on any atom is 0.316 e. The second-order valence-corrected chi connectivity index (χ2v) is 5.50. The predicted molar refractivity (Wildman–Crippen MR) is 81.2 cm³/mol. The molecule has 0 atom stereocenters. The van der Waals surface area contributed by atoms with E-state index in [1.54, 1.807) is 6.92 Å². The lowest BCUT2D eigenvalue weighted by Crippen LogP contribution is -2.16. The average Bonchev–Trinajstić information content (AvgIpc) is 2.36. The number of benzene rings is 1. The third kappa shape index (κ3) is 3.76. The highest BCUT2D eigenvalue weighted by atomic mass is 32.2. The highest BCUT2D eigenvalue weighted by Crippen LogP contribution is 2.30. The molecule has 0 saturated carbocycles. The van der Waals surface area contributed by atoms with E-state index in [9.17, 15) is 9.59 Å². The summed E-state index contributed by atoms with van der Waals surface area (Å²) in [6.45, 7) is 8.08. The van der Waals surface area contributed by atoms with Crippen LogP contribution in [0.4, 0.5) is 0 Å². The molecule has 0 aliphatic carbocycles. The summed E-state index contributed by atoms with van der Waals surface area (Å²) in [5.74, 6) is -0.565. The zero-order valence-corrected chi connectivity index (χ0v) is 13.2. The van der Waals surface area contributed by atoms with Gasteiger partial charge in [0.25, 0.3) is 0 Å². The molecule has 1 rings (SSSR count). The quantitative estimate of drug-likeness (QED) is 0.647. The number of carbonyl (C=O) groups is 2. The number of amides is 1. The van der Waals surface area contributed by atoms with Crippen molar-refractivity contribution in [1.82, 2.24) is 0 Å². The standard InChI is InChI=1S/C15H21NO3S/c1-5-11-9(3)7-12(14(10(11)4)15(16)18)20-8-13(17)19-6-2/h7H,5-6,8H2,1-4H3,(H2,16,18). The maximum absolute atomic E-state index is 11.7. The Morgan fingerprint density at radius 1 is 1.30 bits per heavy atom. The summed E-state index contributed by atoms with van der Waals surface area (Å²) >= 11 is 1.30. The third-order valence-corrected chi connectivity index (χ3v) is 4.16. The topological polar surface area (TPSA) is 69.4 Å². The van der Waals surface area contributed by atoms with Gasteiger partial charge < -0.3 is 10.5 Å². The molecule has 0 spiro atoms. The van der Waals surface area contributed by atoms with E-state index >= 15 is 0 Å². The van der Waals surface area contributed by atoms with Gasteiger partial charge in [-0.1, -0.05) is 6.92 Å². The van der Waals surface area contributed by atoms with Crippen LogP contribution in [-0.2, 0) is 16.0 Å². The van der Waals surface area contributed by atoms with Crippen molar-refractivity contribution < 1.29 is 14.3 Å². The minimum Gasteiger partial charge on any atom is -0.465 e. The van der Waals surface area contributed by atoms with Crippen molar-refractivity contribution in [1.29, 1.82) is 0 Å². The molecule has 0 fully saturated rings. The zero-order valence-electron chi connectivity index (χ0n) is 12.4. The molecule has 0 saturated heterocycles. The van der Waals surface area contributed by atoms with Crippen LogP contribution in [0.2, 0.25) is 0 Å². The fraction of sp³-hybridized carbons (Fsp3) is 0.467. The lowest BCUT2D eigenvalue weighted by atomic mass is 9.95. The first-order valence-electron chi connectivity index (χ1n) is 6.63. The number of hydrogen-bond donors (Lipinski definition) is 1. The Hall–Kier alpha value is -1.49. The fourth-order valence-corrected chi connectivity index (χ4v) is 3.31. The molecule has 0 bridgehead atoms. The summed E-state index contributed by atoms with van der Waals surface area (Å²) < 4.78 is 4.89. The number of nitrogens with two attached hydrogens (primary N) is 1. The van der Waals surface area contributed by atoms with E-state index in [0.717, 1.165) is 28.0 Å². The summed E-state index contributed by atoms with van der Waals surface area (Å²) in [5, 5.41) is 0. The van der Waals surface area contributed by atoms with Gasteiger partial charge in [0, 0.05) is 4.90 Å². The Morgan fingerprint density at radius 3 is 2.45 bits per heavy atom. The molecule has 110 valence electrons. The largest absolute Gasteiger partial charge is 0.465 e. The highest BCUT2D eigenvalue weighted by molar-refractivity contribution is 8.00. The molecule has 1 aromatic carbocycles. The number of thioether (sulfide) groups is 1. The van der Waals surface area contributed by atoms with Crippen LogP contribution in [0.15, 0.2) is 11.0 Å². The number of primary amides is 1. The lowest BCUT2D eigenvalue weighted by molar-refractivity contribution is -0.139. The monoisotopic (exact) mass is 295 g/mol. The van der Waals surface area contributed by atoms with E-state index in [-0.39, 0.29) is 11.7 Å². The molecule has 0 aliphatic rings. The van der Waals surface area contributed by atoms with Gasteiger partial charge >= 0.3 is 5.97 Å². The van der Waals surface area contributed by atoms with Crippen molar-refractivity contribution in [2.24, 2.45) is 5.73 Å². The molecule has 0 heterocycles. The number of hydrogen-bond acceptors (Lipinski definition) is 4. The van der Waals surface area contributed by atoms with Crippen LogP contribution in [0.1, 0.15) is 40.9 Å². The van der Waals surface area contributed by atoms with E-state index in [1.807, 2.05) is 26.8 Å². The van der Waals surface area contributed by atoms with Gasteiger partial charge in [0.1, 0.15) is 0 Å². The Labute approximate surface area is 124 Å². The molecule has 2 N–H and O–H groups in total. The first kappa shape index (κ1) is 16.6. The van der Waals surface area contributed by atoms with Gasteiger partial charge in [-0.3, -0.25) is 9.59 Å². The molecule has 0 aromatic heterocycles. The molecule has 1 aromatic rings. The maximum atomic E-state index is 11.7. The number of aryl methyl sites for hydroxylation is 1. The molecule has 20 heavy (non-hydrogen) atoms. The number of carbonyl (C=O) groups excluding carboxylic acids is 2. The predicted octanol–water partition coefficient (Wildman–Crippen LogP) is 2.62. The number of ether oxygens (including phenoxy) is 1. The van der Waals surface area contributed by atoms with Gasteiger partial charge in [0.15, 0.2) is 0 Å². The minimum atomic E-state index is -0.455. The van der Waals surface area contributed by atoms with E-state index in [1.165, 1.54) is 11.8 Å². The van der Waals surface area contributed by atoms with Gasteiger partial charge in [-0.15, -0.1) is 11.8 Å². The van der Waals surface area contributed by atoms with Gasteiger partial charge in [-0.2, -0.15) is 0 Å². The SMILES string of the molecule is CCOC(=O)CSc1cc(C)c(CC)c(C)c1C(N)=O. The Morgan fingerprint density at radius 2 is 1.95 bits per heavy atom. The molecule has 0 aliphatic heterocycles. The smallest absolute Gasteiger partial charge is 0.316 e. The van der Waals surface area contributed by atoms with Crippen LogP contribution in [-0.4, -0.2) is 24.2 Å². The second kappa shape index (κ2) is 7.33. The first-order valence-corrected chi connectivity index (χ1v) is 7.62. The van der Waals surface area contributed by atoms with Crippen LogP contribution in [0.5, 0.6) is 0 Å². The van der Waals surface area contributed by atoms with Gasteiger partial charge in [0.2, 0.25) is 5.91 Å².